The SMILES string of the molecule is CCc1c(Cl)ncnc1NC1CCOc2ccccc21. The molecule has 0 saturated carbocycles. The second-order valence-corrected chi connectivity index (χ2v) is 5.08. The molecule has 5 heteroatoms. The Labute approximate surface area is 123 Å². The van der Waals surface area contributed by atoms with Gasteiger partial charge in [0.1, 0.15) is 23.0 Å². The number of anilines is 1. The molecule has 4 nitrogen and oxygen atoms in total. The van der Waals surface area contributed by atoms with Crippen LogP contribution in [-0.2, 0) is 6.42 Å². The van der Waals surface area contributed by atoms with Crippen molar-refractivity contribution >= 4 is 17.4 Å². The van der Waals surface area contributed by atoms with E-state index in [0.717, 1.165) is 35.5 Å². The van der Waals surface area contributed by atoms with Crippen LogP contribution in [0, 0.1) is 0 Å². The standard InChI is InChI=1S/C15H16ClN3O/c1-2-10-14(16)17-9-18-15(10)19-12-7-8-20-13-6-4-3-5-11(12)13/h3-6,9,12H,2,7-8H2,1H3,(H,17,18,19). The van der Waals surface area contributed by atoms with Crippen LogP contribution in [0.1, 0.15) is 30.5 Å². The van der Waals surface area contributed by atoms with Gasteiger partial charge in [0.2, 0.25) is 0 Å². The first-order chi connectivity index (χ1) is 9.79. The van der Waals surface area contributed by atoms with Crippen LogP contribution in [0.25, 0.3) is 0 Å². The Bertz CT molecular complexity index is 618. The summed E-state index contributed by atoms with van der Waals surface area (Å²) in [6.45, 7) is 2.75. The summed E-state index contributed by atoms with van der Waals surface area (Å²) in [4.78, 5) is 8.37. The fourth-order valence-electron chi connectivity index (χ4n) is 2.49. The van der Waals surface area contributed by atoms with E-state index in [0.29, 0.717) is 11.8 Å². The molecule has 1 N–H and O–H groups in total. The van der Waals surface area contributed by atoms with Gasteiger partial charge >= 0.3 is 0 Å². The molecule has 2 aromatic rings. The van der Waals surface area contributed by atoms with Crippen molar-refractivity contribution in [3.8, 4) is 5.75 Å². The van der Waals surface area contributed by atoms with Crippen LogP contribution in [-0.4, -0.2) is 16.6 Å². The fourth-order valence-corrected chi connectivity index (χ4v) is 2.75. The van der Waals surface area contributed by atoms with E-state index in [9.17, 15) is 0 Å². The van der Waals surface area contributed by atoms with Crippen molar-refractivity contribution in [3.05, 3.63) is 46.9 Å². The maximum absolute atomic E-state index is 6.13. The first-order valence-electron chi connectivity index (χ1n) is 6.77. The van der Waals surface area contributed by atoms with E-state index < -0.39 is 0 Å². The van der Waals surface area contributed by atoms with Gasteiger partial charge in [0.25, 0.3) is 0 Å². The molecule has 1 atom stereocenters. The summed E-state index contributed by atoms with van der Waals surface area (Å²) in [6.07, 6.45) is 3.20. The molecule has 0 saturated heterocycles. The quantitative estimate of drug-likeness (QED) is 0.877. The van der Waals surface area contributed by atoms with E-state index >= 15 is 0 Å². The largest absolute Gasteiger partial charge is 0.493 e. The number of rotatable bonds is 3. The average Bonchev–Trinajstić information content (AvgIpc) is 2.48. The lowest BCUT2D eigenvalue weighted by Gasteiger charge is -2.27. The number of aromatic nitrogens is 2. The molecule has 0 bridgehead atoms. The molecule has 1 aliphatic heterocycles. The number of para-hydroxylation sites is 1. The summed E-state index contributed by atoms with van der Waals surface area (Å²) < 4.78 is 5.67. The van der Waals surface area contributed by atoms with Gasteiger partial charge in [0.05, 0.1) is 12.6 Å². The van der Waals surface area contributed by atoms with Gasteiger partial charge in [-0.3, -0.25) is 0 Å². The lowest BCUT2D eigenvalue weighted by molar-refractivity contribution is 0.274. The molecule has 1 unspecified atom stereocenters. The van der Waals surface area contributed by atoms with Crippen LogP contribution in [0.5, 0.6) is 5.75 Å². The first kappa shape index (κ1) is 13.2. The van der Waals surface area contributed by atoms with Gasteiger partial charge < -0.3 is 10.1 Å². The monoisotopic (exact) mass is 289 g/mol. The zero-order chi connectivity index (χ0) is 13.9. The molecular formula is C15H16ClN3O. The maximum Gasteiger partial charge on any atom is 0.137 e. The van der Waals surface area contributed by atoms with E-state index in [1.807, 2.05) is 25.1 Å². The highest BCUT2D eigenvalue weighted by Crippen LogP contribution is 2.34. The van der Waals surface area contributed by atoms with Crippen molar-refractivity contribution in [2.24, 2.45) is 0 Å². The van der Waals surface area contributed by atoms with Crippen molar-refractivity contribution in [2.75, 3.05) is 11.9 Å². The predicted octanol–water partition coefficient (Wildman–Crippen LogP) is 3.63. The van der Waals surface area contributed by atoms with Crippen LogP contribution >= 0.6 is 11.6 Å². The van der Waals surface area contributed by atoms with Crippen molar-refractivity contribution in [2.45, 2.75) is 25.8 Å². The number of hydrogen-bond acceptors (Lipinski definition) is 4. The van der Waals surface area contributed by atoms with Gasteiger partial charge in [-0.15, -0.1) is 0 Å². The number of nitrogens with zero attached hydrogens (tertiary/aromatic N) is 2. The molecule has 0 radical (unpaired) electrons. The Hall–Kier alpha value is -1.81. The zero-order valence-corrected chi connectivity index (χ0v) is 12.0. The molecule has 2 heterocycles. The number of ether oxygens (including phenoxy) is 1. The Morgan fingerprint density at radius 2 is 2.20 bits per heavy atom. The van der Waals surface area contributed by atoms with Crippen LogP contribution in [0.15, 0.2) is 30.6 Å². The van der Waals surface area contributed by atoms with E-state index in [1.165, 1.54) is 6.33 Å². The van der Waals surface area contributed by atoms with Crippen molar-refractivity contribution < 1.29 is 4.74 Å². The minimum Gasteiger partial charge on any atom is -0.493 e. The summed E-state index contributed by atoms with van der Waals surface area (Å²) in [5.74, 6) is 1.75. The van der Waals surface area contributed by atoms with Gasteiger partial charge in [0, 0.05) is 17.5 Å². The third kappa shape index (κ3) is 2.43. The first-order valence-corrected chi connectivity index (χ1v) is 7.15. The van der Waals surface area contributed by atoms with Crippen molar-refractivity contribution in [1.82, 2.24) is 9.97 Å². The van der Waals surface area contributed by atoms with E-state index in [4.69, 9.17) is 16.3 Å². The second-order valence-electron chi connectivity index (χ2n) is 4.72. The van der Waals surface area contributed by atoms with Gasteiger partial charge in [-0.05, 0) is 12.5 Å². The summed E-state index contributed by atoms with van der Waals surface area (Å²) in [6, 6.07) is 8.28. The Morgan fingerprint density at radius 1 is 1.35 bits per heavy atom. The van der Waals surface area contributed by atoms with E-state index in [2.05, 4.69) is 21.4 Å². The lowest BCUT2D eigenvalue weighted by Crippen LogP contribution is -2.21. The maximum atomic E-state index is 6.13. The van der Waals surface area contributed by atoms with Crippen LogP contribution < -0.4 is 10.1 Å². The van der Waals surface area contributed by atoms with Gasteiger partial charge in [-0.2, -0.15) is 0 Å². The highest BCUT2D eigenvalue weighted by atomic mass is 35.5. The summed E-state index contributed by atoms with van der Waals surface area (Å²) in [5, 5.41) is 4.00. The fraction of sp³-hybridized carbons (Fsp3) is 0.333. The summed E-state index contributed by atoms with van der Waals surface area (Å²) in [7, 11) is 0. The van der Waals surface area contributed by atoms with Crippen LogP contribution in [0.2, 0.25) is 5.15 Å². The minimum absolute atomic E-state index is 0.191. The molecule has 20 heavy (non-hydrogen) atoms. The smallest absolute Gasteiger partial charge is 0.137 e. The molecule has 104 valence electrons. The van der Waals surface area contributed by atoms with Crippen LogP contribution in [0.4, 0.5) is 5.82 Å². The van der Waals surface area contributed by atoms with Crippen LogP contribution in [0.3, 0.4) is 0 Å². The van der Waals surface area contributed by atoms with Gasteiger partial charge in [0.15, 0.2) is 0 Å². The minimum atomic E-state index is 0.191. The number of fused-ring (bicyclic) bond motifs is 1. The zero-order valence-electron chi connectivity index (χ0n) is 11.3. The van der Waals surface area contributed by atoms with E-state index in [1.54, 1.807) is 0 Å². The Kier molecular flexibility index (Phi) is 3.74. The number of halogens is 1. The molecule has 0 aliphatic carbocycles. The third-order valence-electron chi connectivity index (χ3n) is 3.52. The molecule has 1 aromatic carbocycles. The van der Waals surface area contributed by atoms with E-state index in [-0.39, 0.29) is 6.04 Å². The summed E-state index contributed by atoms with van der Waals surface area (Å²) >= 11 is 6.13. The van der Waals surface area contributed by atoms with Crippen molar-refractivity contribution in [1.29, 1.82) is 0 Å². The highest BCUT2D eigenvalue weighted by molar-refractivity contribution is 6.30. The van der Waals surface area contributed by atoms with Crippen molar-refractivity contribution in [3.63, 3.8) is 0 Å². The molecule has 0 fully saturated rings. The highest BCUT2D eigenvalue weighted by Gasteiger charge is 2.22. The molecule has 3 rings (SSSR count). The molecule has 0 amide bonds. The Morgan fingerprint density at radius 3 is 3.05 bits per heavy atom. The number of nitrogens with one attached hydrogen (secondary N) is 1. The molecule has 1 aliphatic rings. The average molecular weight is 290 g/mol. The number of hydrogen-bond donors (Lipinski definition) is 1. The van der Waals surface area contributed by atoms with Gasteiger partial charge in [-0.25, -0.2) is 9.97 Å². The molecule has 0 spiro atoms. The van der Waals surface area contributed by atoms with Gasteiger partial charge in [-0.1, -0.05) is 36.7 Å². The molecular weight excluding hydrogens is 274 g/mol. The predicted molar refractivity (Wildman–Crippen MR) is 79.3 cm³/mol. The number of benzene rings is 1. The lowest BCUT2D eigenvalue weighted by atomic mass is 10.0. The third-order valence-corrected chi connectivity index (χ3v) is 3.84. The topological polar surface area (TPSA) is 47.0 Å². The second kappa shape index (κ2) is 5.67. The molecule has 1 aromatic heterocycles. The summed E-state index contributed by atoms with van der Waals surface area (Å²) in [5.41, 5.74) is 2.12. The normalized spacial score (nSPS) is 17.2. The Balaban J connectivity index is 1.91.